The minimum atomic E-state index is -0.832. The van der Waals surface area contributed by atoms with E-state index in [2.05, 4.69) is 11.1 Å². The third kappa shape index (κ3) is 3.21. The van der Waals surface area contributed by atoms with Crippen molar-refractivity contribution >= 4 is 34.7 Å². The maximum atomic E-state index is 11.8. The number of carbonyl (C=O) groups excluding carboxylic acids is 1. The normalized spacial score (nSPS) is 26.1. The van der Waals surface area contributed by atoms with Crippen molar-refractivity contribution in [2.45, 2.75) is 47.1 Å². The van der Waals surface area contributed by atoms with Gasteiger partial charge in [-0.3, -0.25) is 4.79 Å². The van der Waals surface area contributed by atoms with Crippen LogP contribution in [0.4, 0.5) is 5.69 Å². The smallest absolute Gasteiger partial charge is 0.231 e. The molecule has 2 atom stereocenters. The molecule has 132 valence electrons. The third-order valence-electron chi connectivity index (χ3n) is 4.82. The summed E-state index contributed by atoms with van der Waals surface area (Å²) >= 11 is 3.11. The van der Waals surface area contributed by atoms with Gasteiger partial charge in [0.05, 0.1) is 24.0 Å². The zero-order chi connectivity index (χ0) is 17.6. The Morgan fingerprint density at radius 2 is 2.32 bits per heavy atom. The molecule has 1 N–H and O–H groups in total. The van der Waals surface area contributed by atoms with Crippen LogP contribution in [0.5, 0.6) is 0 Å². The lowest BCUT2D eigenvalue weighted by atomic mass is 9.90. The number of hydrogen-bond donors (Lipinski definition) is 1. The Balaban J connectivity index is 1.52. The number of benzene rings is 1. The summed E-state index contributed by atoms with van der Waals surface area (Å²) in [4.78, 5) is 20.0. The number of ether oxygens (including phenoxy) is 1. The number of anilines is 1. The molecule has 25 heavy (non-hydrogen) atoms. The number of aliphatic hydroxyl groups is 1. The standard InChI is InChI=1S/C18H20N2O3S2/c1-11-9-18(22,5-6-23-11)15-10-19-17(25-15)24-13-3-4-14-12(7-13)8-16(21)20(14)2/h3-4,7,10-11,22H,5-6,8-9H2,1-2H3/t11-,18+/m0/s1. The number of carbonyl (C=O) groups is 1. The molecule has 2 aromatic rings. The van der Waals surface area contributed by atoms with Gasteiger partial charge in [-0.25, -0.2) is 4.98 Å². The number of aromatic nitrogens is 1. The first-order chi connectivity index (χ1) is 11.9. The second kappa shape index (κ2) is 6.39. The van der Waals surface area contributed by atoms with Gasteiger partial charge in [0.1, 0.15) is 5.60 Å². The number of nitrogens with zero attached hydrogens (tertiary/aromatic N) is 2. The number of fused-ring (bicyclic) bond motifs is 1. The lowest BCUT2D eigenvalue weighted by Gasteiger charge is -2.34. The van der Waals surface area contributed by atoms with Crippen molar-refractivity contribution < 1.29 is 14.6 Å². The maximum absolute atomic E-state index is 11.8. The van der Waals surface area contributed by atoms with Gasteiger partial charge >= 0.3 is 0 Å². The molecule has 5 nitrogen and oxygen atoms in total. The van der Waals surface area contributed by atoms with Gasteiger partial charge in [0.25, 0.3) is 0 Å². The molecule has 0 radical (unpaired) electrons. The van der Waals surface area contributed by atoms with Crippen molar-refractivity contribution in [1.82, 2.24) is 4.98 Å². The monoisotopic (exact) mass is 376 g/mol. The van der Waals surface area contributed by atoms with E-state index in [4.69, 9.17) is 4.74 Å². The van der Waals surface area contributed by atoms with Crippen molar-refractivity contribution in [3.8, 4) is 0 Å². The van der Waals surface area contributed by atoms with Crippen molar-refractivity contribution in [3.63, 3.8) is 0 Å². The van der Waals surface area contributed by atoms with E-state index in [0.29, 0.717) is 25.9 Å². The highest BCUT2D eigenvalue weighted by molar-refractivity contribution is 8.01. The van der Waals surface area contributed by atoms with E-state index in [-0.39, 0.29) is 12.0 Å². The summed E-state index contributed by atoms with van der Waals surface area (Å²) in [7, 11) is 1.81. The summed E-state index contributed by atoms with van der Waals surface area (Å²) in [6.45, 7) is 2.56. The van der Waals surface area contributed by atoms with E-state index in [1.807, 2.05) is 26.1 Å². The number of likely N-dealkylation sites (N-methyl/N-ethyl adjacent to an activating group) is 1. The predicted molar refractivity (Wildman–Crippen MR) is 98.3 cm³/mol. The van der Waals surface area contributed by atoms with Gasteiger partial charge in [-0.15, -0.1) is 11.3 Å². The van der Waals surface area contributed by atoms with Gasteiger partial charge in [0.2, 0.25) is 5.91 Å². The molecule has 1 amide bonds. The molecule has 0 unspecified atom stereocenters. The number of thiazole rings is 1. The Morgan fingerprint density at radius 1 is 1.48 bits per heavy atom. The van der Waals surface area contributed by atoms with E-state index in [1.165, 1.54) is 11.3 Å². The molecule has 0 aliphatic carbocycles. The fourth-order valence-corrected chi connectivity index (χ4v) is 5.56. The Labute approximate surface area is 155 Å². The van der Waals surface area contributed by atoms with E-state index in [9.17, 15) is 9.90 Å². The molecule has 2 aliphatic heterocycles. The predicted octanol–water partition coefficient (Wildman–Crippen LogP) is 3.20. The molecule has 0 saturated carbocycles. The Hall–Kier alpha value is -1.41. The summed E-state index contributed by atoms with van der Waals surface area (Å²) in [5.41, 5.74) is 1.21. The van der Waals surface area contributed by atoms with E-state index in [0.717, 1.165) is 25.4 Å². The molecule has 1 fully saturated rings. The van der Waals surface area contributed by atoms with E-state index < -0.39 is 5.60 Å². The molecule has 1 saturated heterocycles. The van der Waals surface area contributed by atoms with Crippen LogP contribution in [-0.2, 0) is 21.6 Å². The second-order valence-corrected chi connectivity index (χ2v) is 9.03. The first kappa shape index (κ1) is 17.0. The SMILES string of the molecule is C[C@H]1C[C@@](O)(c2cnc(Sc3ccc4c(c3)CC(=O)N4C)s2)CCO1. The van der Waals surface area contributed by atoms with E-state index >= 15 is 0 Å². The molecule has 7 heteroatoms. The van der Waals surface area contributed by atoms with Crippen molar-refractivity contribution in [2.24, 2.45) is 0 Å². The summed E-state index contributed by atoms with van der Waals surface area (Å²) in [5, 5.41) is 10.9. The average Bonchev–Trinajstić information content (AvgIpc) is 3.13. The highest BCUT2D eigenvalue weighted by Crippen LogP contribution is 2.41. The van der Waals surface area contributed by atoms with Crippen molar-refractivity contribution in [2.75, 3.05) is 18.6 Å². The summed E-state index contributed by atoms with van der Waals surface area (Å²) in [6, 6.07) is 6.07. The fraction of sp³-hybridized carbons (Fsp3) is 0.444. The topological polar surface area (TPSA) is 62.7 Å². The molecule has 1 aromatic carbocycles. The van der Waals surface area contributed by atoms with Gasteiger partial charge in [0, 0.05) is 36.7 Å². The van der Waals surface area contributed by atoms with Crippen LogP contribution in [0.15, 0.2) is 33.6 Å². The van der Waals surface area contributed by atoms with Crippen LogP contribution < -0.4 is 4.90 Å². The van der Waals surface area contributed by atoms with Gasteiger partial charge in [-0.05, 0) is 30.7 Å². The summed E-state index contributed by atoms with van der Waals surface area (Å²) < 4.78 is 6.45. The fourth-order valence-electron chi connectivity index (χ4n) is 3.42. The van der Waals surface area contributed by atoms with Crippen LogP contribution in [0.2, 0.25) is 0 Å². The minimum absolute atomic E-state index is 0.0585. The quantitative estimate of drug-likeness (QED) is 0.891. The van der Waals surface area contributed by atoms with Crippen LogP contribution in [-0.4, -0.2) is 35.8 Å². The van der Waals surface area contributed by atoms with Crippen molar-refractivity contribution in [3.05, 3.63) is 34.8 Å². The average molecular weight is 377 g/mol. The lowest BCUT2D eigenvalue weighted by Crippen LogP contribution is -2.36. The molecule has 4 rings (SSSR count). The molecule has 1 aromatic heterocycles. The van der Waals surface area contributed by atoms with Crippen LogP contribution in [0.3, 0.4) is 0 Å². The first-order valence-electron chi connectivity index (χ1n) is 8.32. The van der Waals surface area contributed by atoms with Crippen LogP contribution in [0, 0.1) is 0 Å². The Kier molecular flexibility index (Phi) is 4.35. The number of amides is 1. The second-order valence-electron chi connectivity index (χ2n) is 6.68. The summed E-state index contributed by atoms with van der Waals surface area (Å²) in [5.74, 6) is 0.129. The Morgan fingerprint density at radius 3 is 3.12 bits per heavy atom. The van der Waals surface area contributed by atoms with Crippen LogP contribution in [0.1, 0.15) is 30.2 Å². The minimum Gasteiger partial charge on any atom is -0.384 e. The maximum Gasteiger partial charge on any atom is 0.231 e. The first-order valence-corrected chi connectivity index (χ1v) is 9.95. The third-order valence-corrected chi connectivity index (χ3v) is 7.07. The molecule has 3 heterocycles. The largest absolute Gasteiger partial charge is 0.384 e. The molecule has 0 bridgehead atoms. The highest BCUT2D eigenvalue weighted by Gasteiger charge is 2.36. The lowest BCUT2D eigenvalue weighted by molar-refractivity contribution is -0.117. The summed E-state index contributed by atoms with van der Waals surface area (Å²) in [6.07, 6.45) is 3.52. The van der Waals surface area contributed by atoms with E-state index in [1.54, 1.807) is 22.9 Å². The Bertz CT molecular complexity index is 822. The zero-order valence-electron chi connectivity index (χ0n) is 14.2. The van der Waals surface area contributed by atoms with Gasteiger partial charge in [-0.2, -0.15) is 0 Å². The molecule has 2 aliphatic rings. The zero-order valence-corrected chi connectivity index (χ0v) is 15.8. The van der Waals surface area contributed by atoms with Gasteiger partial charge in [0.15, 0.2) is 4.34 Å². The van der Waals surface area contributed by atoms with Crippen molar-refractivity contribution in [1.29, 1.82) is 0 Å². The molecular formula is C18H20N2O3S2. The molecular weight excluding hydrogens is 356 g/mol. The van der Waals surface area contributed by atoms with Crippen LogP contribution in [0.25, 0.3) is 0 Å². The van der Waals surface area contributed by atoms with Gasteiger partial charge < -0.3 is 14.7 Å². The molecule has 0 spiro atoms. The number of rotatable bonds is 3. The van der Waals surface area contributed by atoms with Crippen LogP contribution >= 0.6 is 23.1 Å². The van der Waals surface area contributed by atoms with Gasteiger partial charge in [-0.1, -0.05) is 11.8 Å². The highest BCUT2D eigenvalue weighted by atomic mass is 32.2. The number of hydrogen-bond acceptors (Lipinski definition) is 6.